The molecule has 0 fully saturated rings. The number of nitrogens with two attached hydrogens (primary N) is 1. The van der Waals surface area contributed by atoms with Gasteiger partial charge in [0.1, 0.15) is 5.82 Å². The van der Waals surface area contributed by atoms with Crippen LogP contribution in [-0.4, -0.2) is 16.2 Å². The van der Waals surface area contributed by atoms with E-state index in [1.54, 1.807) is 18.3 Å². The van der Waals surface area contributed by atoms with Gasteiger partial charge in [0.05, 0.1) is 0 Å². The fourth-order valence-electron chi connectivity index (χ4n) is 2.48. The Balaban J connectivity index is 2.01. The number of hydrogen-bond donors (Lipinski definition) is 3. The number of nitrogens with zero attached hydrogens (tertiary/aromatic N) is 2. The molecule has 0 aliphatic heterocycles. The lowest BCUT2D eigenvalue weighted by Crippen LogP contribution is -2.03. The number of halogens is 2. The van der Waals surface area contributed by atoms with Gasteiger partial charge in [0.25, 0.3) is 0 Å². The Morgan fingerprint density at radius 1 is 1.08 bits per heavy atom. The van der Waals surface area contributed by atoms with E-state index in [2.05, 4.69) is 15.3 Å². The van der Waals surface area contributed by atoms with Crippen LogP contribution in [0.2, 0.25) is 0 Å². The molecule has 3 rings (SSSR count). The van der Waals surface area contributed by atoms with Crippen molar-refractivity contribution in [3.63, 3.8) is 0 Å². The van der Waals surface area contributed by atoms with Crippen molar-refractivity contribution in [3.8, 4) is 11.4 Å². The molecule has 7 heteroatoms. The van der Waals surface area contributed by atoms with Gasteiger partial charge in [0.2, 0.25) is 0 Å². The SMILES string of the molecule is Cc1cc(N)c(C=N)cc1Nc1nc(-c2ccc(F)c(F)c2)ncc1C. The monoisotopic (exact) mass is 353 g/mol. The van der Waals surface area contributed by atoms with Gasteiger partial charge in [-0.3, -0.25) is 0 Å². The van der Waals surface area contributed by atoms with Crippen LogP contribution in [0.5, 0.6) is 0 Å². The summed E-state index contributed by atoms with van der Waals surface area (Å²) >= 11 is 0. The molecule has 26 heavy (non-hydrogen) atoms. The van der Waals surface area contributed by atoms with Crippen molar-refractivity contribution in [2.75, 3.05) is 11.1 Å². The van der Waals surface area contributed by atoms with Crippen LogP contribution in [0.25, 0.3) is 11.4 Å². The van der Waals surface area contributed by atoms with Crippen LogP contribution in [0.4, 0.5) is 26.0 Å². The van der Waals surface area contributed by atoms with Crippen LogP contribution >= 0.6 is 0 Å². The summed E-state index contributed by atoms with van der Waals surface area (Å²) in [6, 6.07) is 7.06. The Labute approximate surface area is 149 Å². The maximum absolute atomic E-state index is 13.5. The predicted molar refractivity (Wildman–Crippen MR) is 98.9 cm³/mol. The van der Waals surface area contributed by atoms with Gasteiger partial charge in [0.15, 0.2) is 17.5 Å². The van der Waals surface area contributed by atoms with Crippen LogP contribution in [0.15, 0.2) is 36.5 Å². The molecule has 3 aromatic rings. The molecule has 0 atom stereocenters. The second kappa shape index (κ2) is 6.87. The van der Waals surface area contributed by atoms with Crippen molar-refractivity contribution in [2.45, 2.75) is 13.8 Å². The Morgan fingerprint density at radius 3 is 2.54 bits per heavy atom. The average Bonchev–Trinajstić information content (AvgIpc) is 2.61. The minimum Gasteiger partial charge on any atom is -0.398 e. The highest BCUT2D eigenvalue weighted by atomic mass is 19.2. The van der Waals surface area contributed by atoms with E-state index >= 15 is 0 Å². The first-order chi connectivity index (χ1) is 12.4. The Hall–Kier alpha value is -3.35. The molecule has 0 saturated carbocycles. The quantitative estimate of drug-likeness (QED) is 0.480. The first-order valence-corrected chi connectivity index (χ1v) is 7.85. The van der Waals surface area contributed by atoms with Crippen LogP contribution in [0, 0.1) is 30.9 Å². The third-order valence-corrected chi connectivity index (χ3v) is 3.99. The van der Waals surface area contributed by atoms with E-state index in [-0.39, 0.29) is 5.82 Å². The lowest BCUT2D eigenvalue weighted by Gasteiger charge is -2.14. The van der Waals surface area contributed by atoms with E-state index < -0.39 is 11.6 Å². The average molecular weight is 353 g/mol. The second-order valence-electron chi connectivity index (χ2n) is 5.92. The van der Waals surface area contributed by atoms with Gasteiger partial charge < -0.3 is 16.5 Å². The lowest BCUT2D eigenvalue weighted by molar-refractivity contribution is 0.509. The summed E-state index contributed by atoms with van der Waals surface area (Å²) in [7, 11) is 0. The third kappa shape index (κ3) is 3.37. The van der Waals surface area contributed by atoms with Gasteiger partial charge in [-0.1, -0.05) is 0 Å². The summed E-state index contributed by atoms with van der Waals surface area (Å²) < 4.78 is 26.6. The largest absolute Gasteiger partial charge is 0.398 e. The molecule has 0 amide bonds. The molecule has 0 saturated heterocycles. The molecule has 2 aromatic carbocycles. The molecule has 4 N–H and O–H groups in total. The molecular weight excluding hydrogens is 336 g/mol. The Morgan fingerprint density at radius 2 is 1.85 bits per heavy atom. The normalized spacial score (nSPS) is 10.6. The van der Waals surface area contributed by atoms with Gasteiger partial charge in [-0.15, -0.1) is 0 Å². The van der Waals surface area contributed by atoms with Crippen molar-refractivity contribution in [1.82, 2.24) is 9.97 Å². The fraction of sp³-hybridized carbons (Fsp3) is 0.105. The molecule has 0 aliphatic carbocycles. The molecule has 0 spiro atoms. The number of benzene rings is 2. The molecule has 0 bridgehead atoms. The van der Waals surface area contributed by atoms with Crippen molar-refractivity contribution < 1.29 is 8.78 Å². The smallest absolute Gasteiger partial charge is 0.161 e. The van der Waals surface area contributed by atoms with E-state index in [0.29, 0.717) is 22.6 Å². The third-order valence-electron chi connectivity index (χ3n) is 3.99. The molecule has 1 heterocycles. The molecule has 1 aromatic heterocycles. The summed E-state index contributed by atoms with van der Waals surface area (Å²) in [5, 5.41) is 10.6. The van der Waals surface area contributed by atoms with Gasteiger partial charge in [-0.05, 0) is 49.7 Å². The van der Waals surface area contributed by atoms with E-state index in [1.165, 1.54) is 12.3 Å². The zero-order valence-electron chi connectivity index (χ0n) is 14.3. The molecular formula is C19H17F2N5. The number of hydrogen-bond acceptors (Lipinski definition) is 5. The predicted octanol–water partition coefficient (Wildman–Crippen LogP) is 4.36. The molecule has 0 unspecified atom stereocenters. The number of aryl methyl sites for hydroxylation is 2. The van der Waals surface area contributed by atoms with Crippen molar-refractivity contribution >= 4 is 23.4 Å². The number of nitrogens with one attached hydrogen (secondary N) is 2. The van der Waals surface area contributed by atoms with Crippen molar-refractivity contribution in [1.29, 1.82) is 5.41 Å². The van der Waals surface area contributed by atoms with Gasteiger partial charge in [0, 0.05) is 40.5 Å². The first kappa shape index (κ1) is 17.5. The highest BCUT2D eigenvalue weighted by Crippen LogP contribution is 2.27. The minimum absolute atomic E-state index is 0.275. The molecule has 0 aliphatic rings. The summed E-state index contributed by atoms with van der Waals surface area (Å²) in [5.41, 5.74) is 9.78. The first-order valence-electron chi connectivity index (χ1n) is 7.85. The highest BCUT2D eigenvalue weighted by molar-refractivity contribution is 5.88. The highest BCUT2D eigenvalue weighted by Gasteiger charge is 2.11. The molecule has 5 nitrogen and oxygen atoms in total. The van der Waals surface area contributed by atoms with E-state index in [1.807, 2.05) is 13.8 Å². The van der Waals surface area contributed by atoms with Gasteiger partial charge in [-0.2, -0.15) is 0 Å². The van der Waals surface area contributed by atoms with Crippen molar-refractivity contribution in [2.24, 2.45) is 0 Å². The van der Waals surface area contributed by atoms with E-state index in [0.717, 1.165) is 28.9 Å². The number of aromatic nitrogens is 2. The van der Waals surface area contributed by atoms with Gasteiger partial charge in [-0.25, -0.2) is 18.7 Å². The topological polar surface area (TPSA) is 87.7 Å². The fourth-order valence-corrected chi connectivity index (χ4v) is 2.48. The minimum atomic E-state index is -0.953. The van der Waals surface area contributed by atoms with Crippen LogP contribution in [0.3, 0.4) is 0 Å². The van der Waals surface area contributed by atoms with Crippen molar-refractivity contribution in [3.05, 3.63) is 64.9 Å². The van der Waals surface area contributed by atoms with E-state index in [4.69, 9.17) is 11.1 Å². The lowest BCUT2D eigenvalue weighted by atomic mass is 10.1. The standard InChI is InChI=1S/C19H17F2N5/c1-10-5-16(23)13(8-22)7-17(10)25-18-11(2)9-24-19(26-18)12-3-4-14(20)15(21)6-12/h3-9,22H,23H2,1-2H3,(H,24,25,26). The summed E-state index contributed by atoms with van der Waals surface area (Å²) in [4.78, 5) is 8.62. The van der Waals surface area contributed by atoms with Crippen LogP contribution in [-0.2, 0) is 0 Å². The summed E-state index contributed by atoms with van der Waals surface area (Å²) in [6.07, 6.45) is 2.79. The Kier molecular flexibility index (Phi) is 4.62. The maximum atomic E-state index is 13.5. The molecule has 0 radical (unpaired) electrons. The van der Waals surface area contributed by atoms with E-state index in [9.17, 15) is 8.78 Å². The number of rotatable bonds is 4. The zero-order chi connectivity index (χ0) is 18.8. The molecule has 132 valence electrons. The number of anilines is 3. The second-order valence-corrected chi connectivity index (χ2v) is 5.92. The zero-order valence-corrected chi connectivity index (χ0v) is 14.3. The van der Waals surface area contributed by atoms with Gasteiger partial charge >= 0.3 is 0 Å². The van der Waals surface area contributed by atoms with Crippen LogP contribution in [0.1, 0.15) is 16.7 Å². The number of nitrogen functional groups attached to an aromatic ring is 1. The van der Waals surface area contributed by atoms with Crippen LogP contribution < -0.4 is 11.1 Å². The Bertz CT molecular complexity index is 1000. The summed E-state index contributed by atoms with van der Waals surface area (Å²) in [6.45, 7) is 3.72. The summed E-state index contributed by atoms with van der Waals surface area (Å²) in [5.74, 6) is -1.07. The maximum Gasteiger partial charge on any atom is 0.161 e.